The van der Waals surface area contributed by atoms with Gasteiger partial charge in [-0.25, -0.2) is 4.98 Å². The van der Waals surface area contributed by atoms with Crippen molar-refractivity contribution in [2.75, 3.05) is 0 Å². The Morgan fingerprint density at radius 1 is 1.10 bits per heavy atom. The maximum atomic E-state index is 11.1. The van der Waals surface area contributed by atoms with E-state index >= 15 is 0 Å². The van der Waals surface area contributed by atoms with Crippen molar-refractivity contribution in [3.63, 3.8) is 0 Å². The average molecular weight is 385 g/mol. The number of H-pyrrole nitrogens is 1. The molecule has 146 valence electrons. The Labute approximate surface area is 169 Å². The van der Waals surface area contributed by atoms with Gasteiger partial charge in [0.05, 0.1) is 4.92 Å². The number of non-ortho nitro benzene ring substituents is 1. The molecule has 0 aliphatic carbocycles. The Morgan fingerprint density at radius 2 is 1.97 bits per heavy atom. The van der Waals surface area contributed by atoms with E-state index in [0.717, 1.165) is 45.0 Å². The molecule has 0 aliphatic rings. The highest BCUT2D eigenvalue weighted by atomic mass is 16.6. The number of nitro groups is 1. The monoisotopic (exact) mass is 385 g/mol. The molecule has 0 atom stereocenters. The van der Waals surface area contributed by atoms with Crippen molar-refractivity contribution in [1.82, 2.24) is 9.97 Å². The molecule has 0 fully saturated rings. The Kier molecular flexibility index (Phi) is 5.38. The Balaban J connectivity index is 1.78. The highest BCUT2D eigenvalue weighted by Gasteiger charge is 2.12. The fraction of sp³-hybridized carbons (Fsp3) is 0.208. The summed E-state index contributed by atoms with van der Waals surface area (Å²) in [5, 5.41) is 13.3. The van der Waals surface area contributed by atoms with E-state index in [2.05, 4.69) is 35.1 Å². The summed E-state index contributed by atoms with van der Waals surface area (Å²) in [6.45, 7) is 2.21. The summed E-state index contributed by atoms with van der Waals surface area (Å²) in [6, 6.07) is 14.9. The van der Waals surface area contributed by atoms with E-state index in [0.29, 0.717) is 0 Å². The first-order valence-electron chi connectivity index (χ1n) is 9.99. The lowest BCUT2D eigenvalue weighted by Crippen LogP contribution is -1.88. The van der Waals surface area contributed by atoms with Crippen molar-refractivity contribution in [3.8, 4) is 11.1 Å². The number of benzene rings is 2. The zero-order valence-corrected chi connectivity index (χ0v) is 16.4. The largest absolute Gasteiger partial charge is 0.339 e. The number of nitrogens with one attached hydrogen (secondary N) is 1. The number of rotatable bonds is 7. The van der Waals surface area contributed by atoms with Crippen LogP contribution in [0.25, 0.3) is 39.1 Å². The van der Waals surface area contributed by atoms with E-state index in [1.165, 1.54) is 25.3 Å². The maximum absolute atomic E-state index is 11.1. The molecule has 4 aromatic rings. The van der Waals surface area contributed by atoms with E-state index in [1.807, 2.05) is 30.5 Å². The fourth-order valence-corrected chi connectivity index (χ4v) is 3.68. The summed E-state index contributed by atoms with van der Waals surface area (Å²) in [5.41, 5.74) is 4.87. The second-order valence-electron chi connectivity index (χ2n) is 7.21. The molecular weight excluding hydrogens is 362 g/mol. The molecule has 5 heteroatoms. The number of fused-ring (bicyclic) bond motifs is 3. The van der Waals surface area contributed by atoms with Gasteiger partial charge in [-0.1, -0.05) is 50.1 Å². The molecule has 0 spiro atoms. The van der Waals surface area contributed by atoms with Crippen LogP contribution in [0.1, 0.15) is 38.2 Å². The van der Waals surface area contributed by atoms with Crippen LogP contribution in [0, 0.1) is 10.1 Å². The van der Waals surface area contributed by atoms with Crippen LogP contribution in [0.2, 0.25) is 0 Å². The first kappa shape index (κ1) is 18.9. The predicted molar refractivity (Wildman–Crippen MR) is 119 cm³/mol. The third kappa shape index (κ3) is 3.90. The molecule has 0 saturated carbocycles. The summed E-state index contributed by atoms with van der Waals surface area (Å²) in [4.78, 5) is 18.6. The molecule has 29 heavy (non-hydrogen) atoms. The Morgan fingerprint density at radius 3 is 2.79 bits per heavy atom. The average Bonchev–Trinajstić information content (AvgIpc) is 3.12. The molecule has 2 aromatic carbocycles. The fourth-order valence-electron chi connectivity index (χ4n) is 3.68. The second kappa shape index (κ2) is 8.27. The van der Waals surface area contributed by atoms with Crippen molar-refractivity contribution < 1.29 is 4.92 Å². The summed E-state index contributed by atoms with van der Waals surface area (Å²) in [6.07, 6.45) is 11.0. The minimum Gasteiger partial charge on any atom is -0.339 e. The highest BCUT2D eigenvalue weighted by molar-refractivity contribution is 6.10. The normalized spacial score (nSPS) is 11.6. The number of nitro benzene ring substituents is 1. The molecular formula is C24H23N3O2. The van der Waals surface area contributed by atoms with Crippen molar-refractivity contribution in [2.24, 2.45) is 0 Å². The van der Waals surface area contributed by atoms with E-state index < -0.39 is 0 Å². The molecule has 0 unspecified atom stereocenters. The van der Waals surface area contributed by atoms with Crippen LogP contribution < -0.4 is 0 Å². The standard InChI is InChI=1S/C24H23N3O2/c1-2-3-4-5-6-8-17-13-14-25-24-23(17)21-16-19(11-12-22(21)26-24)18-9-7-10-20(15-18)27(28)29/h6-16H,2-5H2,1H3,(H,25,26). The lowest BCUT2D eigenvalue weighted by atomic mass is 10.0. The van der Waals surface area contributed by atoms with Gasteiger partial charge in [0.2, 0.25) is 0 Å². The van der Waals surface area contributed by atoms with Crippen LogP contribution in [0.3, 0.4) is 0 Å². The lowest BCUT2D eigenvalue weighted by Gasteiger charge is -2.03. The molecule has 0 saturated heterocycles. The molecule has 0 radical (unpaired) electrons. The topological polar surface area (TPSA) is 71.8 Å². The third-order valence-corrected chi connectivity index (χ3v) is 5.19. The lowest BCUT2D eigenvalue weighted by molar-refractivity contribution is -0.384. The number of aromatic amines is 1. The van der Waals surface area contributed by atoms with E-state index in [4.69, 9.17) is 0 Å². The van der Waals surface area contributed by atoms with Crippen molar-refractivity contribution in [2.45, 2.75) is 32.6 Å². The molecule has 0 aliphatic heterocycles. The predicted octanol–water partition coefficient (Wildman–Crippen LogP) is 6.88. The number of nitrogens with zero attached hydrogens (tertiary/aromatic N) is 2. The van der Waals surface area contributed by atoms with E-state index in [-0.39, 0.29) is 10.6 Å². The van der Waals surface area contributed by atoms with Gasteiger partial charge in [0.25, 0.3) is 5.69 Å². The molecule has 4 rings (SSSR count). The van der Waals surface area contributed by atoms with Crippen LogP contribution in [0.4, 0.5) is 5.69 Å². The number of allylic oxidation sites excluding steroid dienone is 1. The second-order valence-corrected chi connectivity index (χ2v) is 7.21. The van der Waals surface area contributed by atoms with Gasteiger partial charge in [-0.2, -0.15) is 0 Å². The summed E-state index contributed by atoms with van der Waals surface area (Å²) < 4.78 is 0. The summed E-state index contributed by atoms with van der Waals surface area (Å²) in [7, 11) is 0. The maximum Gasteiger partial charge on any atom is 0.270 e. The smallest absolute Gasteiger partial charge is 0.270 e. The van der Waals surface area contributed by atoms with Crippen LogP contribution in [0.5, 0.6) is 0 Å². The van der Waals surface area contributed by atoms with Crippen LogP contribution in [-0.2, 0) is 0 Å². The summed E-state index contributed by atoms with van der Waals surface area (Å²) in [5.74, 6) is 0. The van der Waals surface area contributed by atoms with Gasteiger partial charge in [0, 0.05) is 34.6 Å². The van der Waals surface area contributed by atoms with E-state index in [1.54, 1.807) is 12.1 Å². The van der Waals surface area contributed by atoms with Crippen LogP contribution in [-0.4, -0.2) is 14.9 Å². The quantitative estimate of drug-likeness (QED) is 0.214. The first-order valence-corrected chi connectivity index (χ1v) is 9.99. The van der Waals surface area contributed by atoms with Crippen molar-refractivity contribution in [3.05, 3.63) is 76.5 Å². The highest BCUT2D eigenvalue weighted by Crippen LogP contribution is 2.32. The number of pyridine rings is 1. The van der Waals surface area contributed by atoms with Gasteiger partial charge >= 0.3 is 0 Å². The number of unbranched alkanes of at least 4 members (excludes halogenated alkanes) is 3. The molecule has 0 bridgehead atoms. The van der Waals surface area contributed by atoms with Crippen LogP contribution >= 0.6 is 0 Å². The first-order chi connectivity index (χ1) is 14.2. The van der Waals surface area contributed by atoms with Crippen LogP contribution in [0.15, 0.2) is 60.8 Å². The van der Waals surface area contributed by atoms with Crippen molar-refractivity contribution >= 4 is 33.7 Å². The summed E-state index contributed by atoms with van der Waals surface area (Å²) >= 11 is 0. The van der Waals surface area contributed by atoms with Gasteiger partial charge in [-0.05, 0) is 47.7 Å². The minimum atomic E-state index is -0.362. The molecule has 2 heterocycles. The zero-order chi connectivity index (χ0) is 20.2. The molecule has 5 nitrogen and oxygen atoms in total. The van der Waals surface area contributed by atoms with Gasteiger partial charge in [0.15, 0.2) is 0 Å². The Hall–Kier alpha value is -3.47. The van der Waals surface area contributed by atoms with Gasteiger partial charge in [0.1, 0.15) is 5.65 Å². The van der Waals surface area contributed by atoms with E-state index in [9.17, 15) is 10.1 Å². The number of aromatic nitrogens is 2. The SMILES string of the molecule is CCCCCC=Cc1ccnc2[nH]c3ccc(-c4cccc([N+](=O)[O-])c4)cc3c12. The van der Waals surface area contributed by atoms with Crippen molar-refractivity contribution in [1.29, 1.82) is 0 Å². The molecule has 0 amide bonds. The minimum absolute atomic E-state index is 0.0962. The zero-order valence-electron chi connectivity index (χ0n) is 16.4. The number of hydrogen-bond acceptors (Lipinski definition) is 3. The van der Waals surface area contributed by atoms with Gasteiger partial charge in [-0.3, -0.25) is 10.1 Å². The third-order valence-electron chi connectivity index (χ3n) is 5.19. The van der Waals surface area contributed by atoms with Gasteiger partial charge < -0.3 is 4.98 Å². The molecule has 2 aromatic heterocycles. The Bertz CT molecular complexity index is 1210. The van der Waals surface area contributed by atoms with Gasteiger partial charge in [-0.15, -0.1) is 0 Å². The number of hydrogen-bond donors (Lipinski definition) is 1. The molecule has 1 N–H and O–H groups in total.